The van der Waals surface area contributed by atoms with Crippen LogP contribution in [0.15, 0.2) is 65.6 Å². The van der Waals surface area contributed by atoms with Crippen LogP contribution in [0.25, 0.3) is 27.6 Å². The minimum absolute atomic E-state index is 0.0758. The molecule has 0 unspecified atom stereocenters. The van der Waals surface area contributed by atoms with E-state index < -0.39 is 173 Å². The topological polar surface area (TPSA) is 237 Å². The second-order valence-corrected chi connectivity index (χ2v) is 26.1. The third-order valence-electron chi connectivity index (χ3n) is 13.3. The number of carbonyl (C=O) groups excluding carboxylic acids is 2. The molecule has 9 rings (SSSR count). The number of amides is 3. The number of carbonyl (C=O) groups is 2. The van der Waals surface area contributed by atoms with E-state index in [-0.39, 0.29) is 49.3 Å². The molecule has 1 saturated carbocycles. The van der Waals surface area contributed by atoms with Gasteiger partial charge in [0.1, 0.15) is 41.2 Å². The molecule has 0 radical (unpaired) electrons. The SMILES string of the molecule is CN(C(=O)N(c1nn(C)c2c(-n3c([C@H](Cc4cc(F)cc(F)c4)NC(=O)Cn4nc(C(F)F)c5c4C(F)(F)[C@@H]4C[C@H]54)nc4nc(OCCC(F)(F)F)ccc4c3=O)ccc(Cl)c12)S(C)(=O)=O)c1ncccc1COP(=O)(OC(C)(C)C)OC(C)(C)C. The summed E-state index contributed by atoms with van der Waals surface area (Å²) < 4.78 is 197. The minimum Gasteiger partial charge on any atom is -0.477 e. The molecule has 21 nitrogen and oxygen atoms in total. The second-order valence-electron chi connectivity index (χ2n) is 22.3. The Kier molecular flexibility index (Phi) is 16.8. The Morgan fingerprint density at radius 2 is 1.62 bits per heavy atom. The first kappa shape index (κ1) is 63.3. The predicted octanol–water partition coefficient (Wildman–Crippen LogP) is 11.0. The molecule has 3 atom stereocenters. The number of hydrogen-bond donors (Lipinski definition) is 1. The van der Waals surface area contributed by atoms with Gasteiger partial charge >= 0.3 is 20.0 Å². The van der Waals surface area contributed by atoms with Crippen molar-refractivity contribution in [2.45, 2.75) is 116 Å². The highest BCUT2D eigenvalue weighted by Crippen LogP contribution is 2.68. The van der Waals surface area contributed by atoms with Crippen LogP contribution in [0, 0.1) is 17.6 Å². The summed E-state index contributed by atoms with van der Waals surface area (Å²) in [5.74, 6) is -11.5. The number of urea groups is 1. The molecule has 0 bridgehead atoms. The molecule has 7 aromatic rings. The fourth-order valence-corrected chi connectivity index (χ4v) is 12.9. The first-order chi connectivity index (χ1) is 39.8. The maximum atomic E-state index is 15.8. The van der Waals surface area contributed by atoms with E-state index in [0.717, 1.165) is 51.5 Å². The van der Waals surface area contributed by atoms with Crippen LogP contribution in [-0.2, 0) is 65.5 Å². The third kappa shape index (κ3) is 13.2. The van der Waals surface area contributed by atoms with Gasteiger partial charge < -0.3 is 10.1 Å². The number of phosphoric acid groups is 1. The molecule has 1 fully saturated rings. The maximum absolute atomic E-state index is 15.8. The molecule has 0 saturated heterocycles. The molecule has 86 heavy (non-hydrogen) atoms. The van der Waals surface area contributed by atoms with Gasteiger partial charge in [0.05, 0.1) is 70.1 Å². The smallest absolute Gasteiger partial charge is 0.476 e. The average Bonchev–Trinajstić information content (AvgIpc) is 1.52. The van der Waals surface area contributed by atoms with Gasteiger partial charge in [-0.25, -0.2) is 45.3 Å². The molecule has 2 aliphatic rings. The van der Waals surface area contributed by atoms with Crippen molar-refractivity contribution in [1.82, 2.24) is 44.4 Å². The lowest BCUT2D eigenvalue weighted by atomic mass is 10.0. The molecule has 0 aliphatic heterocycles. The van der Waals surface area contributed by atoms with Gasteiger partial charge in [0, 0.05) is 55.9 Å². The van der Waals surface area contributed by atoms with Crippen molar-refractivity contribution in [3.05, 3.63) is 122 Å². The highest BCUT2D eigenvalue weighted by molar-refractivity contribution is 7.92. The zero-order chi connectivity index (χ0) is 63.1. The number of aromatic nitrogens is 8. The summed E-state index contributed by atoms with van der Waals surface area (Å²) in [6, 6.07) is 6.35. The van der Waals surface area contributed by atoms with Gasteiger partial charge in [-0.3, -0.25) is 42.0 Å². The monoisotopic (exact) mass is 1270 g/mol. The normalized spacial score (nSPS) is 16.4. The van der Waals surface area contributed by atoms with Gasteiger partial charge in [0.25, 0.3) is 17.9 Å². The van der Waals surface area contributed by atoms with Gasteiger partial charge in [0.2, 0.25) is 21.8 Å². The summed E-state index contributed by atoms with van der Waals surface area (Å²) in [4.78, 5) is 58.5. The number of aryl methyl sites for hydroxylation is 1. The van der Waals surface area contributed by atoms with Crippen LogP contribution in [0.2, 0.25) is 5.02 Å². The molecular weight excluding hydrogens is 1220 g/mol. The highest BCUT2D eigenvalue weighted by atomic mass is 35.5. The van der Waals surface area contributed by atoms with Crippen molar-refractivity contribution in [2.75, 3.05) is 29.1 Å². The molecule has 5 heterocycles. The van der Waals surface area contributed by atoms with E-state index in [1.54, 1.807) is 41.5 Å². The largest absolute Gasteiger partial charge is 0.477 e. The number of hydrogen-bond acceptors (Lipinski definition) is 15. The number of nitrogens with zero attached hydrogens (tertiary/aromatic N) is 10. The number of fused-ring (bicyclic) bond motifs is 5. The lowest BCUT2D eigenvalue weighted by Crippen LogP contribution is -2.45. The fourth-order valence-electron chi connectivity index (χ4n) is 10.0. The number of halogens is 10. The van der Waals surface area contributed by atoms with Crippen LogP contribution < -0.4 is 24.8 Å². The summed E-state index contributed by atoms with van der Waals surface area (Å²) in [6.45, 7) is 6.98. The van der Waals surface area contributed by atoms with Crippen LogP contribution in [0.5, 0.6) is 5.88 Å². The van der Waals surface area contributed by atoms with Crippen LogP contribution in [-0.4, -0.2) is 96.7 Å². The van der Waals surface area contributed by atoms with E-state index >= 15 is 22.4 Å². The van der Waals surface area contributed by atoms with Crippen LogP contribution in [0.1, 0.15) is 107 Å². The standard InChI is InChI=1S/C53H54ClF9N11O10PS/c1-50(2,3)83-85(78,84-51(4,5)6)82-25-27-11-10-17-64-45(27)70(7)49(77)74(86(9,79)80)47-39-33(54)13-14-35(41(39)71(8)69-47)73-46(67-44-30(48(73)76)12-15-37(66-44)81-18-16-52(59,60)61)34(21-26-19-28(55)22-29(56)20-26)65-36(75)24-72-42-38(40(68-72)43(57)58)31-23-32(31)53(42,62)63/h10-15,17,19-20,22,31-32,34,43H,16,18,21,23-25H2,1-9H3,(H,65,75)/t31-,32+,34-/m0/s1. The maximum Gasteiger partial charge on any atom is 0.476 e. The van der Waals surface area contributed by atoms with E-state index in [0.29, 0.717) is 17.0 Å². The number of ether oxygens (including phenoxy) is 1. The lowest BCUT2D eigenvalue weighted by Gasteiger charge is -2.31. The van der Waals surface area contributed by atoms with E-state index in [4.69, 9.17) is 29.9 Å². The Hall–Kier alpha value is -7.18. The average molecular weight is 1270 g/mol. The number of rotatable bonds is 19. The highest BCUT2D eigenvalue weighted by Gasteiger charge is 2.67. The number of anilines is 2. The van der Waals surface area contributed by atoms with E-state index in [1.165, 1.54) is 31.4 Å². The van der Waals surface area contributed by atoms with Crippen LogP contribution in [0.4, 0.5) is 55.9 Å². The van der Waals surface area contributed by atoms with Crippen molar-refractivity contribution in [3.63, 3.8) is 0 Å². The lowest BCUT2D eigenvalue weighted by molar-refractivity contribution is -0.139. The second kappa shape index (κ2) is 22.8. The molecule has 2 aromatic carbocycles. The van der Waals surface area contributed by atoms with E-state index in [9.17, 15) is 44.5 Å². The number of pyridine rings is 2. The van der Waals surface area contributed by atoms with E-state index in [2.05, 4.69) is 30.5 Å². The zero-order valence-corrected chi connectivity index (χ0v) is 49.5. The zero-order valence-electron chi connectivity index (χ0n) is 47.0. The van der Waals surface area contributed by atoms with E-state index in [1.807, 2.05) is 0 Å². The van der Waals surface area contributed by atoms with Gasteiger partial charge in [-0.1, -0.05) is 17.7 Å². The number of phosphoric ester groups is 1. The Balaban J connectivity index is 1.19. The molecule has 0 spiro atoms. The summed E-state index contributed by atoms with van der Waals surface area (Å²) in [5.41, 5.74) is -6.78. The van der Waals surface area contributed by atoms with Crippen molar-refractivity contribution in [3.8, 4) is 11.6 Å². The molecule has 5 aromatic heterocycles. The number of alkyl halides is 7. The fraction of sp³-hybridized carbons (Fsp3) is 0.434. The molecule has 1 N–H and O–H groups in total. The van der Waals surface area contributed by atoms with Gasteiger partial charge in [-0.05, 0) is 95.8 Å². The molecule has 2 aliphatic carbocycles. The quantitative estimate of drug-likeness (QED) is 0.0585. The number of benzene rings is 2. The van der Waals surface area contributed by atoms with Crippen molar-refractivity contribution in [1.29, 1.82) is 0 Å². The summed E-state index contributed by atoms with van der Waals surface area (Å²) in [7, 11) is -6.79. The summed E-state index contributed by atoms with van der Waals surface area (Å²) in [5, 5.41) is 9.59. The summed E-state index contributed by atoms with van der Waals surface area (Å²) >= 11 is 6.92. The Morgan fingerprint density at radius 1 is 0.953 bits per heavy atom. The molecular formula is C53H54ClF9N11O10PS. The number of nitrogens with one attached hydrogen (secondary N) is 1. The minimum atomic E-state index is -4.81. The first-order valence-corrected chi connectivity index (χ1v) is 29.7. The molecule has 3 amide bonds. The molecule has 33 heteroatoms. The van der Waals surface area contributed by atoms with Crippen molar-refractivity contribution in [2.24, 2.45) is 13.0 Å². The Labute approximate surface area is 489 Å². The van der Waals surface area contributed by atoms with Gasteiger partial charge in [-0.15, -0.1) is 0 Å². The molecule has 462 valence electrons. The summed E-state index contributed by atoms with van der Waals surface area (Å²) in [6.07, 6.45) is -8.33. The number of sulfonamides is 1. The van der Waals surface area contributed by atoms with Crippen LogP contribution in [0.3, 0.4) is 0 Å². The third-order valence-corrected chi connectivity index (χ3v) is 16.6. The Bertz CT molecular complexity index is 4040. The van der Waals surface area contributed by atoms with Gasteiger partial charge in [-0.2, -0.15) is 41.4 Å². The van der Waals surface area contributed by atoms with Gasteiger partial charge in [0.15, 0.2) is 11.5 Å². The predicted molar refractivity (Wildman–Crippen MR) is 293 cm³/mol. The van der Waals surface area contributed by atoms with Crippen LogP contribution >= 0.6 is 19.4 Å². The van der Waals surface area contributed by atoms with Crippen molar-refractivity contribution < 1.29 is 80.4 Å². The Morgan fingerprint density at radius 3 is 2.23 bits per heavy atom. The first-order valence-electron chi connectivity index (χ1n) is 26.0. The van der Waals surface area contributed by atoms with Crippen molar-refractivity contribution >= 4 is 75.0 Å².